The van der Waals surface area contributed by atoms with Crippen molar-refractivity contribution in [1.82, 2.24) is 0 Å². The number of ether oxygens (including phenoxy) is 2. The van der Waals surface area contributed by atoms with Crippen molar-refractivity contribution in [1.29, 1.82) is 5.26 Å². The highest BCUT2D eigenvalue weighted by Crippen LogP contribution is 2.37. The number of nitrogens with zero attached hydrogens (tertiary/aromatic N) is 2. The Labute approximate surface area is 188 Å². The highest BCUT2D eigenvalue weighted by Gasteiger charge is 2.12. The van der Waals surface area contributed by atoms with E-state index in [1.165, 1.54) is 0 Å². The molecule has 0 aliphatic heterocycles. The molecule has 152 valence electrons. The van der Waals surface area contributed by atoms with Crippen LogP contribution in [-0.4, -0.2) is 13.3 Å². The van der Waals surface area contributed by atoms with Crippen molar-refractivity contribution in [3.8, 4) is 17.6 Å². The molecule has 3 aromatic rings. The van der Waals surface area contributed by atoms with E-state index in [1.807, 2.05) is 48.5 Å². The third-order valence-corrected chi connectivity index (χ3v) is 5.17. The molecule has 0 aromatic heterocycles. The van der Waals surface area contributed by atoms with E-state index in [4.69, 9.17) is 31.2 Å². The molecule has 3 aromatic carbocycles. The van der Waals surface area contributed by atoms with Crippen LogP contribution in [0.25, 0.3) is 0 Å². The average Bonchev–Trinajstić information content (AvgIpc) is 2.77. The molecule has 0 unspecified atom stereocenters. The predicted molar refractivity (Wildman–Crippen MR) is 120 cm³/mol. The summed E-state index contributed by atoms with van der Waals surface area (Å²) in [5.41, 5.74) is 2.98. The van der Waals surface area contributed by atoms with Gasteiger partial charge in [0.05, 0.1) is 29.4 Å². The summed E-state index contributed by atoms with van der Waals surface area (Å²) in [4.78, 5) is 5.34. The van der Waals surface area contributed by atoms with Crippen LogP contribution < -0.4 is 9.47 Å². The Morgan fingerprint density at radius 3 is 2.53 bits per heavy atom. The molecule has 3 rings (SSSR count). The van der Waals surface area contributed by atoms with E-state index in [1.54, 1.807) is 25.5 Å². The van der Waals surface area contributed by atoms with Gasteiger partial charge in [0, 0.05) is 21.7 Å². The summed E-state index contributed by atoms with van der Waals surface area (Å²) in [7, 11) is 1.57. The van der Waals surface area contributed by atoms with E-state index < -0.39 is 0 Å². The standard InChI is InChI=1S/C23H18BrClN2O3/c1-28-22-11-16(13-27-30-15-18-7-3-2-6-17(18)12-26)10-20(24)23(22)29-14-19-8-4-5-9-21(19)25/h2-11,13H,14-15H2,1H3/b27-13+. The smallest absolute Gasteiger partial charge is 0.175 e. The lowest BCUT2D eigenvalue weighted by atomic mass is 10.1. The van der Waals surface area contributed by atoms with Gasteiger partial charge in [-0.25, -0.2) is 0 Å². The minimum Gasteiger partial charge on any atom is -0.493 e. The van der Waals surface area contributed by atoms with Crippen LogP contribution in [0.3, 0.4) is 0 Å². The van der Waals surface area contributed by atoms with E-state index in [0.717, 1.165) is 16.7 Å². The van der Waals surface area contributed by atoms with Crippen molar-refractivity contribution in [2.24, 2.45) is 5.16 Å². The van der Waals surface area contributed by atoms with Gasteiger partial charge in [-0.2, -0.15) is 5.26 Å². The Bertz CT molecular complexity index is 1100. The molecule has 0 aliphatic rings. The lowest BCUT2D eigenvalue weighted by Crippen LogP contribution is -2.00. The summed E-state index contributed by atoms with van der Waals surface area (Å²) >= 11 is 9.71. The van der Waals surface area contributed by atoms with Gasteiger partial charge in [-0.05, 0) is 40.2 Å². The minimum atomic E-state index is 0.206. The molecule has 0 aliphatic carbocycles. The fraction of sp³-hybridized carbons (Fsp3) is 0.130. The monoisotopic (exact) mass is 484 g/mol. The molecule has 0 amide bonds. The summed E-state index contributed by atoms with van der Waals surface area (Å²) < 4.78 is 12.1. The van der Waals surface area contributed by atoms with Gasteiger partial charge in [0.1, 0.15) is 13.2 Å². The van der Waals surface area contributed by atoms with E-state index in [2.05, 4.69) is 27.2 Å². The molecule has 0 fully saturated rings. The summed E-state index contributed by atoms with van der Waals surface area (Å²) in [6.45, 7) is 0.515. The Balaban J connectivity index is 1.68. The maximum absolute atomic E-state index is 9.12. The Morgan fingerprint density at radius 2 is 1.80 bits per heavy atom. The molecule has 0 radical (unpaired) electrons. The number of hydrogen-bond donors (Lipinski definition) is 0. The van der Waals surface area contributed by atoms with Crippen molar-refractivity contribution >= 4 is 33.7 Å². The molecule has 0 atom stereocenters. The molecule has 0 saturated heterocycles. The molecule has 0 N–H and O–H groups in total. The van der Waals surface area contributed by atoms with Gasteiger partial charge in [-0.15, -0.1) is 0 Å². The van der Waals surface area contributed by atoms with Crippen LogP contribution in [0, 0.1) is 11.3 Å². The van der Waals surface area contributed by atoms with Crippen LogP contribution in [-0.2, 0) is 18.1 Å². The first kappa shape index (κ1) is 21.7. The van der Waals surface area contributed by atoms with E-state index in [9.17, 15) is 0 Å². The zero-order valence-electron chi connectivity index (χ0n) is 16.1. The Morgan fingerprint density at radius 1 is 1.07 bits per heavy atom. The topological polar surface area (TPSA) is 63.8 Å². The number of oxime groups is 1. The zero-order chi connectivity index (χ0) is 21.3. The number of nitriles is 1. The molecule has 0 spiro atoms. The second-order valence-electron chi connectivity index (χ2n) is 6.19. The molecule has 0 saturated carbocycles. The van der Waals surface area contributed by atoms with Crippen LogP contribution in [0.15, 0.2) is 70.3 Å². The highest BCUT2D eigenvalue weighted by atomic mass is 79.9. The first-order valence-corrected chi connectivity index (χ1v) is 10.2. The normalized spacial score (nSPS) is 10.6. The van der Waals surface area contributed by atoms with E-state index in [0.29, 0.717) is 33.2 Å². The Hall–Kier alpha value is -3.01. The highest BCUT2D eigenvalue weighted by molar-refractivity contribution is 9.10. The average molecular weight is 486 g/mol. The summed E-state index contributed by atoms with van der Waals surface area (Å²) in [6, 6.07) is 20.5. The van der Waals surface area contributed by atoms with Gasteiger partial charge in [0.15, 0.2) is 11.5 Å². The molecule has 0 heterocycles. The van der Waals surface area contributed by atoms with E-state index in [-0.39, 0.29) is 6.61 Å². The van der Waals surface area contributed by atoms with Crippen molar-refractivity contribution in [2.45, 2.75) is 13.2 Å². The van der Waals surface area contributed by atoms with Gasteiger partial charge in [-0.1, -0.05) is 53.2 Å². The largest absolute Gasteiger partial charge is 0.493 e. The minimum absolute atomic E-state index is 0.206. The van der Waals surface area contributed by atoms with E-state index >= 15 is 0 Å². The number of rotatable bonds is 8. The van der Waals surface area contributed by atoms with Crippen LogP contribution in [0.2, 0.25) is 5.02 Å². The van der Waals surface area contributed by atoms with Crippen molar-refractivity contribution in [2.75, 3.05) is 7.11 Å². The fourth-order valence-electron chi connectivity index (χ4n) is 2.68. The molecular formula is C23H18BrClN2O3. The van der Waals surface area contributed by atoms with Gasteiger partial charge >= 0.3 is 0 Å². The second-order valence-corrected chi connectivity index (χ2v) is 7.45. The van der Waals surface area contributed by atoms with Gasteiger partial charge in [0.25, 0.3) is 0 Å². The van der Waals surface area contributed by atoms with Crippen LogP contribution in [0.1, 0.15) is 22.3 Å². The van der Waals surface area contributed by atoms with Crippen molar-refractivity contribution < 1.29 is 14.3 Å². The van der Waals surface area contributed by atoms with Crippen LogP contribution in [0.4, 0.5) is 0 Å². The SMILES string of the molecule is COc1cc(/C=N/OCc2ccccc2C#N)cc(Br)c1OCc1ccccc1Cl. The molecule has 7 heteroatoms. The maximum Gasteiger partial charge on any atom is 0.175 e. The second kappa shape index (κ2) is 10.7. The molecule has 30 heavy (non-hydrogen) atoms. The zero-order valence-corrected chi connectivity index (χ0v) is 18.5. The predicted octanol–water partition coefficient (Wildman–Crippen LogP) is 6.11. The fourth-order valence-corrected chi connectivity index (χ4v) is 3.44. The summed E-state index contributed by atoms with van der Waals surface area (Å²) in [5.74, 6) is 1.12. The molecule has 0 bridgehead atoms. The molecule has 5 nitrogen and oxygen atoms in total. The van der Waals surface area contributed by atoms with Crippen molar-refractivity contribution in [3.05, 3.63) is 92.4 Å². The lowest BCUT2D eigenvalue weighted by Gasteiger charge is -2.14. The number of halogens is 2. The first-order chi connectivity index (χ1) is 14.6. The third kappa shape index (κ3) is 5.53. The van der Waals surface area contributed by atoms with Gasteiger partial charge < -0.3 is 14.3 Å². The maximum atomic E-state index is 9.12. The number of benzene rings is 3. The van der Waals surface area contributed by atoms with Gasteiger partial charge in [-0.3, -0.25) is 0 Å². The number of methoxy groups -OCH3 is 1. The summed E-state index contributed by atoms with van der Waals surface area (Å²) in [6.07, 6.45) is 1.57. The quantitative estimate of drug-likeness (QED) is 0.285. The number of hydrogen-bond acceptors (Lipinski definition) is 5. The van der Waals surface area contributed by atoms with Crippen LogP contribution in [0.5, 0.6) is 11.5 Å². The third-order valence-electron chi connectivity index (χ3n) is 4.22. The first-order valence-electron chi connectivity index (χ1n) is 8.99. The Kier molecular flexibility index (Phi) is 7.72. The lowest BCUT2D eigenvalue weighted by molar-refractivity contribution is 0.132. The van der Waals surface area contributed by atoms with Crippen molar-refractivity contribution in [3.63, 3.8) is 0 Å². The summed E-state index contributed by atoms with van der Waals surface area (Å²) in [5, 5.41) is 13.8. The molecular weight excluding hydrogens is 468 g/mol. The van der Waals surface area contributed by atoms with Gasteiger partial charge in [0.2, 0.25) is 0 Å². The van der Waals surface area contributed by atoms with Crippen LogP contribution >= 0.6 is 27.5 Å².